The molecule has 1 N–H and O–H groups in total. The van der Waals surface area contributed by atoms with Gasteiger partial charge in [0.15, 0.2) is 5.78 Å². The third-order valence-corrected chi connectivity index (χ3v) is 5.98. The molecular weight excluding hydrogens is 417 g/mol. The number of aromatic nitrogens is 1. The summed E-state index contributed by atoms with van der Waals surface area (Å²) in [6.45, 7) is 2.30. The fourth-order valence-electron chi connectivity index (χ4n) is 3.96. The molecule has 3 aromatic rings. The summed E-state index contributed by atoms with van der Waals surface area (Å²) in [6, 6.07) is 11.7. The Morgan fingerprint density at radius 2 is 1.87 bits per heavy atom. The average molecular weight is 442 g/mol. The second kappa shape index (κ2) is 9.53. The summed E-state index contributed by atoms with van der Waals surface area (Å²) in [7, 11) is -2.64. The molecule has 2 heterocycles. The van der Waals surface area contributed by atoms with E-state index in [9.17, 15) is 17.6 Å². The standard InChI is InChI=1S/C23H24FN3O3S/c24-20-11-16(4-3-7-26-31(29)30)10-19(13-20)23(28)17-5-6-22-18(12-17)14-21(15-25-22)27-8-1-2-9-27/h5-6,10-15,31H,1-4,7-9H2,(H,26,29,30). The number of thiol groups is 1. The molecule has 0 saturated carbocycles. The minimum absolute atomic E-state index is 0.255. The second-order valence-corrected chi connectivity index (χ2v) is 8.57. The smallest absolute Gasteiger partial charge is 0.201 e. The lowest BCUT2D eigenvalue weighted by molar-refractivity contribution is 0.103. The topological polar surface area (TPSA) is 79.4 Å². The highest BCUT2D eigenvalue weighted by molar-refractivity contribution is 7.70. The Bertz CT molecular complexity index is 1180. The number of carbonyl (C=O) groups excluding carboxylic acids is 1. The molecule has 6 nitrogen and oxygen atoms in total. The maximum atomic E-state index is 14.1. The van der Waals surface area contributed by atoms with Crippen LogP contribution in [0.3, 0.4) is 0 Å². The van der Waals surface area contributed by atoms with E-state index in [0.29, 0.717) is 24.0 Å². The average Bonchev–Trinajstić information content (AvgIpc) is 3.30. The minimum Gasteiger partial charge on any atom is -0.370 e. The number of nitrogens with one attached hydrogen (secondary N) is 1. The third kappa shape index (κ3) is 5.26. The number of nitrogens with zero attached hydrogens (tertiary/aromatic N) is 2. The molecule has 8 heteroatoms. The van der Waals surface area contributed by atoms with Crippen molar-refractivity contribution in [2.75, 3.05) is 24.5 Å². The van der Waals surface area contributed by atoms with Gasteiger partial charge in [0.25, 0.3) is 0 Å². The van der Waals surface area contributed by atoms with E-state index >= 15 is 0 Å². The number of rotatable bonds is 8. The van der Waals surface area contributed by atoms with E-state index in [1.807, 2.05) is 18.3 Å². The Hall–Kier alpha value is -2.84. The van der Waals surface area contributed by atoms with Crippen molar-refractivity contribution in [2.24, 2.45) is 0 Å². The van der Waals surface area contributed by atoms with Gasteiger partial charge in [-0.1, -0.05) is 0 Å². The van der Waals surface area contributed by atoms with Crippen LogP contribution in [-0.2, 0) is 17.3 Å². The molecule has 2 aromatic carbocycles. The van der Waals surface area contributed by atoms with Gasteiger partial charge in [-0.3, -0.25) is 9.78 Å². The Morgan fingerprint density at radius 3 is 2.65 bits per heavy atom. The molecule has 0 amide bonds. The zero-order valence-electron chi connectivity index (χ0n) is 17.0. The van der Waals surface area contributed by atoms with Crippen LogP contribution in [0.2, 0.25) is 0 Å². The van der Waals surface area contributed by atoms with E-state index in [0.717, 1.165) is 29.7 Å². The van der Waals surface area contributed by atoms with Gasteiger partial charge in [-0.2, -0.15) is 0 Å². The fourth-order valence-corrected chi connectivity index (χ4v) is 4.31. The largest absolute Gasteiger partial charge is 0.370 e. The highest BCUT2D eigenvalue weighted by atomic mass is 32.2. The van der Waals surface area contributed by atoms with Crippen LogP contribution >= 0.6 is 0 Å². The lowest BCUT2D eigenvalue weighted by atomic mass is 9.98. The van der Waals surface area contributed by atoms with Crippen molar-refractivity contribution in [3.05, 3.63) is 71.2 Å². The van der Waals surface area contributed by atoms with Crippen molar-refractivity contribution in [3.63, 3.8) is 0 Å². The van der Waals surface area contributed by atoms with Crippen molar-refractivity contribution < 1.29 is 17.6 Å². The van der Waals surface area contributed by atoms with Gasteiger partial charge < -0.3 is 4.90 Å². The van der Waals surface area contributed by atoms with E-state index in [1.165, 1.54) is 25.0 Å². The van der Waals surface area contributed by atoms with Crippen LogP contribution < -0.4 is 9.62 Å². The van der Waals surface area contributed by atoms with Crippen molar-refractivity contribution in [1.29, 1.82) is 0 Å². The monoisotopic (exact) mass is 441 g/mol. The van der Waals surface area contributed by atoms with Crippen LogP contribution in [0.4, 0.5) is 10.1 Å². The summed E-state index contributed by atoms with van der Waals surface area (Å²) in [6.07, 6.45) is 5.19. The van der Waals surface area contributed by atoms with Crippen LogP contribution in [0, 0.1) is 5.82 Å². The third-order valence-electron chi connectivity index (χ3n) is 5.50. The molecule has 1 aliphatic rings. The first-order chi connectivity index (χ1) is 15.0. The molecule has 0 radical (unpaired) electrons. The van der Waals surface area contributed by atoms with Gasteiger partial charge in [-0.15, -0.1) is 0 Å². The molecule has 0 spiro atoms. The lowest BCUT2D eigenvalue weighted by Crippen LogP contribution is -2.17. The van der Waals surface area contributed by atoms with Crippen LogP contribution in [0.15, 0.2) is 48.7 Å². The van der Waals surface area contributed by atoms with Crippen molar-refractivity contribution in [2.45, 2.75) is 25.7 Å². The van der Waals surface area contributed by atoms with Gasteiger partial charge in [-0.05, 0) is 73.7 Å². The van der Waals surface area contributed by atoms with E-state index in [2.05, 4.69) is 20.7 Å². The molecule has 0 aliphatic carbocycles. The number of benzene rings is 2. The SMILES string of the molecule is O=C(c1cc(F)cc(CCCN[SH](=O)=O)c1)c1ccc2ncc(N3CCCC3)cc2c1. The van der Waals surface area contributed by atoms with Gasteiger partial charge in [0.2, 0.25) is 10.9 Å². The van der Waals surface area contributed by atoms with Gasteiger partial charge in [0.05, 0.1) is 17.4 Å². The maximum Gasteiger partial charge on any atom is 0.201 e. The molecule has 1 fully saturated rings. The summed E-state index contributed by atoms with van der Waals surface area (Å²) in [5.74, 6) is -0.738. The highest BCUT2D eigenvalue weighted by Crippen LogP contribution is 2.25. The summed E-state index contributed by atoms with van der Waals surface area (Å²) >= 11 is 0. The van der Waals surface area contributed by atoms with Gasteiger partial charge in [0.1, 0.15) is 5.82 Å². The normalized spacial score (nSPS) is 13.9. The highest BCUT2D eigenvalue weighted by Gasteiger charge is 2.15. The number of hydrogen-bond acceptors (Lipinski definition) is 5. The molecule has 162 valence electrons. The number of halogens is 1. The van der Waals surface area contributed by atoms with Crippen molar-refractivity contribution in [1.82, 2.24) is 9.71 Å². The number of pyridine rings is 1. The van der Waals surface area contributed by atoms with E-state index in [1.54, 1.807) is 12.1 Å². The number of ketones is 1. The summed E-state index contributed by atoms with van der Waals surface area (Å²) in [5.41, 5.74) is 3.28. The zero-order chi connectivity index (χ0) is 21.8. The lowest BCUT2D eigenvalue weighted by Gasteiger charge is -2.17. The van der Waals surface area contributed by atoms with Crippen molar-refractivity contribution >= 4 is 33.3 Å². The number of aryl methyl sites for hydroxylation is 1. The molecule has 4 rings (SSSR count). The minimum atomic E-state index is -2.64. The Kier molecular flexibility index (Phi) is 6.58. The first-order valence-electron chi connectivity index (χ1n) is 10.4. The van der Waals surface area contributed by atoms with Crippen LogP contribution in [0.1, 0.15) is 40.7 Å². The first kappa shape index (κ1) is 21.4. The number of anilines is 1. The Labute approximate surface area is 182 Å². The molecule has 1 saturated heterocycles. The molecule has 0 atom stereocenters. The van der Waals surface area contributed by atoms with E-state index in [-0.39, 0.29) is 17.9 Å². The summed E-state index contributed by atoms with van der Waals surface area (Å²) in [4.78, 5) is 19.9. The Morgan fingerprint density at radius 1 is 1.06 bits per heavy atom. The zero-order valence-corrected chi connectivity index (χ0v) is 17.9. The molecule has 1 aromatic heterocycles. The molecule has 0 unspecified atom stereocenters. The van der Waals surface area contributed by atoms with Gasteiger partial charge in [-0.25, -0.2) is 17.5 Å². The Balaban J connectivity index is 1.56. The molecule has 0 bridgehead atoms. The van der Waals surface area contributed by atoms with E-state index < -0.39 is 16.7 Å². The van der Waals surface area contributed by atoms with E-state index in [4.69, 9.17) is 0 Å². The quantitative estimate of drug-likeness (QED) is 0.319. The van der Waals surface area contributed by atoms with Crippen LogP contribution in [0.25, 0.3) is 10.9 Å². The summed E-state index contributed by atoms with van der Waals surface area (Å²) in [5, 5.41) is 0.879. The number of carbonyl (C=O) groups is 1. The van der Waals surface area contributed by atoms with Crippen molar-refractivity contribution in [3.8, 4) is 0 Å². The van der Waals surface area contributed by atoms with Gasteiger partial charge in [0, 0.05) is 36.1 Å². The number of hydrogen-bond donors (Lipinski definition) is 2. The first-order valence-corrected chi connectivity index (χ1v) is 11.5. The van der Waals surface area contributed by atoms with Crippen LogP contribution in [-0.4, -0.2) is 38.8 Å². The van der Waals surface area contributed by atoms with Crippen LogP contribution in [0.5, 0.6) is 0 Å². The summed E-state index contributed by atoms with van der Waals surface area (Å²) < 4.78 is 37.6. The second-order valence-electron chi connectivity index (χ2n) is 7.74. The number of fused-ring (bicyclic) bond motifs is 1. The molecular formula is C23H24FN3O3S. The van der Waals surface area contributed by atoms with Gasteiger partial charge >= 0.3 is 0 Å². The maximum absolute atomic E-state index is 14.1. The molecule has 31 heavy (non-hydrogen) atoms. The fraction of sp³-hybridized carbons (Fsp3) is 0.304. The predicted molar refractivity (Wildman–Crippen MR) is 120 cm³/mol. The predicted octanol–water partition coefficient (Wildman–Crippen LogP) is 3.25. The molecule has 1 aliphatic heterocycles.